The SMILES string of the molecule is [c]1c(-c2nccc3ccccc23)cc2cccc3c2c1-c1ccccc1-3. The lowest BCUT2D eigenvalue weighted by Gasteiger charge is -2.09. The molecule has 0 bridgehead atoms. The Hall–Kier alpha value is -3.45. The summed E-state index contributed by atoms with van der Waals surface area (Å²) < 4.78 is 0. The highest BCUT2D eigenvalue weighted by atomic mass is 14.7. The van der Waals surface area contributed by atoms with Crippen molar-refractivity contribution in [1.29, 1.82) is 0 Å². The van der Waals surface area contributed by atoms with E-state index in [1.54, 1.807) is 0 Å². The van der Waals surface area contributed by atoms with E-state index in [4.69, 9.17) is 4.98 Å². The predicted octanol–water partition coefficient (Wildman–Crippen LogP) is 6.50. The summed E-state index contributed by atoms with van der Waals surface area (Å²) in [4.78, 5) is 4.70. The van der Waals surface area contributed by atoms with Crippen LogP contribution in [0.3, 0.4) is 0 Å². The molecule has 0 amide bonds. The second-order valence-corrected chi connectivity index (χ2v) is 6.75. The topological polar surface area (TPSA) is 12.9 Å². The van der Waals surface area contributed by atoms with Crippen LogP contribution in [0.15, 0.2) is 85.1 Å². The van der Waals surface area contributed by atoms with Crippen molar-refractivity contribution in [3.05, 3.63) is 91.1 Å². The molecule has 1 nitrogen and oxygen atoms in total. The first-order valence-electron chi connectivity index (χ1n) is 8.83. The molecule has 1 heteroatoms. The molecule has 0 saturated heterocycles. The molecule has 0 aliphatic heterocycles. The lowest BCUT2D eigenvalue weighted by Crippen LogP contribution is -1.88. The first-order chi connectivity index (χ1) is 12.9. The largest absolute Gasteiger partial charge is 0.256 e. The fourth-order valence-corrected chi connectivity index (χ4v) is 4.18. The van der Waals surface area contributed by atoms with Crippen molar-refractivity contribution in [1.82, 2.24) is 4.98 Å². The lowest BCUT2D eigenvalue weighted by atomic mass is 9.96. The third-order valence-corrected chi connectivity index (χ3v) is 5.32. The summed E-state index contributed by atoms with van der Waals surface area (Å²) in [7, 11) is 0. The molecule has 0 fully saturated rings. The van der Waals surface area contributed by atoms with Crippen molar-refractivity contribution < 1.29 is 0 Å². The molecule has 1 aromatic heterocycles. The van der Waals surface area contributed by atoms with Gasteiger partial charge in [0.15, 0.2) is 0 Å². The number of hydrogen-bond acceptors (Lipinski definition) is 1. The minimum Gasteiger partial charge on any atom is -0.256 e. The van der Waals surface area contributed by atoms with Crippen molar-refractivity contribution in [3.63, 3.8) is 0 Å². The maximum Gasteiger partial charge on any atom is 0.0786 e. The van der Waals surface area contributed by atoms with Gasteiger partial charge in [0.25, 0.3) is 0 Å². The standard InChI is InChI=1S/C25H14N/c1-2-8-19-16(6-1)12-13-26-25(19)18-14-17-7-5-11-22-20-9-3-4-10-21(20)23(15-18)24(17)22/h1-14H. The van der Waals surface area contributed by atoms with E-state index in [9.17, 15) is 0 Å². The fraction of sp³-hybridized carbons (Fsp3) is 0. The second-order valence-electron chi connectivity index (χ2n) is 6.75. The Balaban J connectivity index is 1.73. The molecule has 0 unspecified atom stereocenters. The zero-order chi connectivity index (χ0) is 17.1. The van der Waals surface area contributed by atoms with E-state index < -0.39 is 0 Å². The molecule has 1 heterocycles. The molecular weight excluding hydrogens is 314 g/mol. The molecule has 5 aromatic rings. The van der Waals surface area contributed by atoms with Gasteiger partial charge in [-0.25, -0.2) is 0 Å². The highest BCUT2D eigenvalue weighted by Gasteiger charge is 2.22. The summed E-state index contributed by atoms with van der Waals surface area (Å²) in [6.07, 6.45) is 1.89. The molecule has 1 radical (unpaired) electrons. The van der Waals surface area contributed by atoms with Crippen molar-refractivity contribution in [3.8, 4) is 33.5 Å². The number of fused-ring (bicyclic) bond motifs is 4. The van der Waals surface area contributed by atoms with Crippen molar-refractivity contribution >= 4 is 21.5 Å². The number of pyridine rings is 1. The van der Waals surface area contributed by atoms with Crippen molar-refractivity contribution in [2.24, 2.45) is 0 Å². The predicted molar refractivity (Wildman–Crippen MR) is 108 cm³/mol. The normalized spacial score (nSPS) is 11.8. The minimum absolute atomic E-state index is 0.996. The van der Waals surface area contributed by atoms with E-state index in [1.165, 1.54) is 43.8 Å². The molecule has 119 valence electrons. The van der Waals surface area contributed by atoms with E-state index in [0.717, 1.165) is 11.3 Å². The minimum atomic E-state index is 0.996. The summed E-state index contributed by atoms with van der Waals surface area (Å²) >= 11 is 0. The average molecular weight is 328 g/mol. The monoisotopic (exact) mass is 328 g/mol. The Kier molecular flexibility index (Phi) is 2.67. The number of hydrogen-bond donors (Lipinski definition) is 0. The third kappa shape index (κ3) is 1.77. The Bertz CT molecular complexity index is 1330. The highest BCUT2D eigenvalue weighted by Crippen LogP contribution is 2.48. The smallest absolute Gasteiger partial charge is 0.0786 e. The summed E-state index contributed by atoms with van der Waals surface area (Å²) in [5, 5.41) is 4.92. The molecule has 0 atom stereocenters. The van der Waals surface area contributed by atoms with Crippen LogP contribution < -0.4 is 0 Å². The summed E-state index contributed by atoms with van der Waals surface area (Å²) in [6, 6.07) is 31.5. The van der Waals surface area contributed by atoms with Gasteiger partial charge in [-0.2, -0.15) is 0 Å². The quantitative estimate of drug-likeness (QED) is 0.335. The lowest BCUT2D eigenvalue weighted by molar-refractivity contribution is 1.36. The van der Waals surface area contributed by atoms with Gasteiger partial charge in [0.2, 0.25) is 0 Å². The molecule has 0 spiro atoms. The van der Waals surface area contributed by atoms with Crippen LogP contribution in [-0.2, 0) is 0 Å². The summed E-state index contributed by atoms with van der Waals surface area (Å²) in [6.45, 7) is 0. The summed E-state index contributed by atoms with van der Waals surface area (Å²) in [5.41, 5.74) is 7.11. The van der Waals surface area contributed by atoms with Gasteiger partial charge in [-0.1, -0.05) is 66.7 Å². The Labute approximate surface area is 151 Å². The van der Waals surface area contributed by atoms with E-state index >= 15 is 0 Å². The van der Waals surface area contributed by atoms with Crippen LogP contribution in [0, 0.1) is 6.07 Å². The second kappa shape index (κ2) is 5.03. The summed E-state index contributed by atoms with van der Waals surface area (Å²) in [5.74, 6) is 0. The first kappa shape index (κ1) is 13.8. The van der Waals surface area contributed by atoms with Gasteiger partial charge in [0.05, 0.1) is 5.69 Å². The van der Waals surface area contributed by atoms with Crippen LogP contribution in [0.5, 0.6) is 0 Å². The van der Waals surface area contributed by atoms with Gasteiger partial charge in [-0.05, 0) is 50.5 Å². The van der Waals surface area contributed by atoms with Crippen LogP contribution in [0.2, 0.25) is 0 Å². The maximum atomic E-state index is 4.70. The van der Waals surface area contributed by atoms with Gasteiger partial charge >= 0.3 is 0 Å². The molecule has 1 aliphatic carbocycles. The zero-order valence-corrected chi connectivity index (χ0v) is 14.0. The van der Waals surface area contributed by atoms with Gasteiger partial charge in [0, 0.05) is 23.2 Å². The van der Waals surface area contributed by atoms with Crippen LogP contribution >= 0.6 is 0 Å². The van der Waals surface area contributed by atoms with Crippen molar-refractivity contribution in [2.45, 2.75) is 0 Å². The van der Waals surface area contributed by atoms with Gasteiger partial charge in [-0.3, -0.25) is 4.98 Å². The highest BCUT2D eigenvalue weighted by molar-refractivity contribution is 6.16. The maximum absolute atomic E-state index is 4.70. The average Bonchev–Trinajstić information content (AvgIpc) is 3.03. The van der Waals surface area contributed by atoms with Gasteiger partial charge < -0.3 is 0 Å². The van der Waals surface area contributed by atoms with E-state index in [-0.39, 0.29) is 0 Å². The van der Waals surface area contributed by atoms with E-state index in [0.29, 0.717) is 0 Å². The van der Waals surface area contributed by atoms with E-state index in [2.05, 4.69) is 84.9 Å². The molecule has 6 rings (SSSR count). The van der Waals surface area contributed by atoms with Crippen LogP contribution in [0.1, 0.15) is 0 Å². The van der Waals surface area contributed by atoms with Crippen LogP contribution in [0.4, 0.5) is 0 Å². The molecule has 26 heavy (non-hydrogen) atoms. The number of benzene rings is 4. The van der Waals surface area contributed by atoms with Crippen LogP contribution in [-0.4, -0.2) is 4.98 Å². The number of nitrogens with zero attached hydrogens (tertiary/aromatic N) is 1. The number of aromatic nitrogens is 1. The molecular formula is C25H14N. The third-order valence-electron chi connectivity index (χ3n) is 5.32. The Morgan fingerprint density at radius 3 is 2.38 bits per heavy atom. The Morgan fingerprint density at radius 2 is 1.42 bits per heavy atom. The Morgan fingerprint density at radius 1 is 0.654 bits per heavy atom. The number of rotatable bonds is 1. The first-order valence-corrected chi connectivity index (χ1v) is 8.83. The van der Waals surface area contributed by atoms with Gasteiger partial charge in [-0.15, -0.1) is 0 Å². The molecule has 0 N–H and O–H groups in total. The van der Waals surface area contributed by atoms with E-state index in [1.807, 2.05) is 6.20 Å². The molecule has 0 saturated carbocycles. The fourth-order valence-electron chi connectivity index (χ4n) is 4.18. The molecule has 4 aromatic carbocycles. The molecule has 1 aliphatic rings. The van der Waals surface area contributed by atoms with Gasteiger partial charge in [0.1, 0.15) is 0 Å². The van der Waals surface area contributed by atoms with Crippen LogP contribution in [0.25, 0.3) is 55.1 Å². The van der Waals surface area contributed by atoms with Crippen molar-refractivity contribution in [2.75, 3.05) is 0 Å². The zero-order valence-electron chi connectivity index (χ0n) is 14.0.